The van der Waals surface area contributed by atoms with Crippen molar-refractivity contribution in [3.63, 3.8) is 0 Å². The first-order valence-corrected chi connectivity index (χ1v) is 10.8. The maximum Gasteiger partial charge on any atom is 0.227 e. The molecule has 4 aromatic rings. The molecule has 0 saturated carbocycles. The van der Waals surface area contributed by atoms with Crippen LogP contribution in [0.1, 0.15) is 5.56 Å². The molecule has 31 heavy (non-hydrogen) atoms. The Morgan fingerprint density at radius 1 is 0.935 bits per heavy atom. The first kappa shape index (κ1) is 22.2. The molecule has 0 radical (unpaired) electrons. The molecule has 8 heteroatoms. The van der Waals surface area contributed by atoms with E-state index in [1.54, 1.807) is 25.4 Å². The summed E-state index contributed by atoms with van der Waals surface area (Å²) in [4.78, 5) is 4.15. The number of pyridine rings is 1. The Balaban J connectivity index is 0.000000210. The number of aryl methyl sites for hydroxylation is 2. The van der Waals surface area contributed by atoms with Crippen molar-refractivity contribution < 1.29 is 26.7 Å². The van der Waals surface area contributed by atoms with E-state index in [1.165, 1.54) is 12.1 Å². The Bertz CT molecular complexity index is 1230. The van der Waals surface area contributed by atoms with Gasteiger partial charge in [0.2, 0.25) is 5.89 Å². The molecule has 2 aromatic heterocycles. The Kier molecular flexibility index (Phi) is 6.84. The standard InChI is InChI=1S/C16H15N2O2.C7H8O3S/c1-18-9-7-13(8-10-18)16-17-11-15(20-16)12-3-5-14(19-2)6-4-12;1-6-2-4-7(5-3-6)11(8,9)10/h3-11H,1-2H3;2-5H,1H3,(H,8,9,10)/q+1;/p-1. The number of benzene rings is 2. The van der Waals surface area contributed by atoms with Crippen LogP contribution in [0.2, 0.25) is 0 Å². The van der Waals surface area contributed by atoms with Crippen LogP contribution in [0.3, 0.4) is 0 Å². The van der Waals surface area contributed by atoms with Gasteiger partial charge in [-0.3, -0.25) is 0 Å². The summed E-state index contributed by atoms with van der Waals surface area (Å²) in [6, 6.07) is 17.4. The fourth-order valence-corrected chi connectivity index (χ4v) is 3.11. The molecule has 0 fully saturated rings. The van der Waals surface area contributed by atoms with E-state index < -0.39 is 10.1 Å². The molecule has 2 heterocycles. The zero-order chi connectivity index (χ0) is 22.4. The average molecular weight is 439 g/mol. The van der Waals surface area contributed by atoms with Gasteiger partial charge in [-0.1, -0.05) is 17.7 Å². The van der Waals surface area contributed by atoms with E-state index in [4.69, 9.17) is 9.15 Å². The van der Waals surface area contributed by atoms with Crippen molar-refractivity contribution in [2.24, 2.45) is 7.05 Å². The predicted molar refractivity (Wildman–Crippen MR) is 114 cm³/mol. The number of oxazole rings is 1. The van der Waals surface area contributed by atoms with Crippen molar-refractivity contribution in [3.05, 3.63) is 84.8 Å². The fourth-order valence-electron chi connectivity index (χ4n) is 2.64. The summed E-state index contributed by atoms with van der Waals surface area (Å²) < 4.78 is 44.1. The first-order valence-electron chi connectivity index (χ1n) is 9.35. The lowest BCUT2D eigenvalue weighted by atomic mass is 10.2. The van der Waals surface area contributed by atoms with E-state index in [9.17, 15) is 13.0 Å². The summed E-state index contributed by atoms with van der Waals surface area (Å²) in [6.07, 6.45) is 5.67. The number of hydrogen-bond donors (Lipinski definition) is 0. The van der Waals surface area contributed by atoms with Gasteiger partial charge in [-0.25, -0.2) is 18.0 Å². The van der Waals surface area contributed by atoms with Gasteiger partial charge in [-0.2, -0.15) is 0 Å². The zero-order valence-electron chi connectivity index (χ0n) is 17.3. The third-order valence-electron chi connectivity index (χ3n) is 4.42. The smallest absolute Gasteiger partial charge is 0.227 e. The zero-order valence-corrected chi connectivity index (χ0v) is 18.2. The van der Waals surface area contributed by atoms with Crippen LogP contribution < -0.4 is 9.30 Å². The SMILES string of the molecule is COc1ccc(-c2cnc(-c3cc[n+](C)cc3)o2)cc1.Cc1ccc(S(=O)(=O)[O-])cc1. The molecular formula is C23H22N2O5S. The van der Waals surface area contributed by atoms with E-state index in [0.29, 0.717) is 5.89 Å². The summed E-state index contributed by atoms with van der Waals surface area (Å²) in [6.45, 7) is 1.82. The lowest BCUT2D eigenvalue weighted by Gasteiger charge is -2.05. The summed E-state index contributed by atoms with van der Waals surface area (Å²) in [5.41, 5.74) is 2.87. The first-order chi connectivity index (χ1) is 14.8. The van der Waals surface area contributed by atoms with Crippen molar-refractivity contribution in [2.75, 3.05) is 7.11 Å². The highest BCUT2D eigenvalue weighted by atomic mass is 32.2. The molecule has 0 amide bonds. The second-order valence-electron chi connectivity index (χ2n) is 6.78. The Labute approximate surface area is 181 Å². The van der Waals surface area contributed by atoms with Crippen LogP contribution in [-0.4, -0.2) is 25.1 Å². The van der Waals surface area contributed by atoms with Gasteiger partial charge < -0.3 is 13.7 Å². The molecule has 0 atom stereocenters. The second kappa shape index (κ2) is 9.55. The van der Waals surface area contributed by atoms with Crippen molar-refractivity contribution in [2.45, 2.75) is 11.8 Å². The number of ether oxygens (including phenoxy) is 1. The van der Waals surface area contributed by atoms with E-state index >= 15 is 0 Å². The molecule has 0 bridgehead atoms. The van der Waals surface area contributed by atoms with Gasteiger partial charge in [0, 0.05) is 23.3 Å². The second-order valence-corrected chi connectivity index (χ2v) is 8.16. The van der Waals surface area contributed by atoms with Crippen molar-refractivity contribution in [1.82, 2.24) is 4.98 Å². The van der Waals surface area contributed by atoms with Gasteiger partial charge in [0.15, 0.2) is 18.2 Å². The Morgan fingerprint density at radius 2 is 1.55 bits per heavy atom. The quantitative estimate of drug-likeness (QED) is 0.356. The molecular weight excluding hydrogens is 416 g/mol. The molecule has 0 aliphatic heterocycles. The lowest BCUT2D eigenvalue weighted by Crippen LogP contribution is -2.25. The molecule has 0 saturated heterocycles. The van der Waals surface area contributed by atoms with E-state index in [1.807, 2.05) is 67.3 Å². The van der Waals surface area contributed by atoms with Crippen molar-refractivity contribution in [3.8, 4) is 28.5 Å². The minimum atomic E-state index is -4.27. The van der Waals surface area contributed by atoms with Crippen LogP contribution >= 0.6 is 0 Å². The van der Waals surface area contributed by atoms with Gasteiger partial charge in [-0.05, 0) is 43.3 Å². The highest BCUT2D eigenvalue weighted by molar-refractivity contribution is 7.85. The van der Waals surface area contributed by atoms with Crippen LogP contribution in [0.25, 0.3) is 22.8 Å². The predicted octanol–water partition coefficient (Wildman–Crippen LogP) is 3.74. The molecule has 0 unspecified atom stereocenters. The van der Waals surface area contributed by atoms with Crippen molar-refractivity contribution in [1.29, 1.82) is 0 Å². The molecule has 2 aromatic carbocycles. The Hall–Kier alpha value is -3.49. The van der Waals surface area contributed by atoms with Gasteiger partial charge in [0.05, 0.1) is 18.2 Å². The van der Waals surface area contributed by atoms with Crippen LogP contribution in [-0.2, 0) is 17.2 Å². The van der Waals surface area contributed by atoms with E-state index in [2.05, 4.69) is 4.98 Å². The number of methoxy groups -OCH3 is 1. The normalized spacial score (nSPS) is 10.8. The monoisotopic (exact) mass is 438 g/mol. The molecule has 0 spiro atoms. The number of rotatable bonds is 4. The van der Waals surface area contributed by atoms with Gasteiger partial charge in [0.1, 0.15) is 22.9 Å². The molecule has 0 aliphatic carbocycles. The average Bonchev–Trinajstić information content (AvgIpc) is 3.25. The minimum Gasteiger partial charge on any atom is -0.744 e. The molecule has 0 aliphatic rings. The summed E-state index contributed by atoms with van der Waals surface area (Å²) in [5.74, 6) is 2.19. The number of nitrogens with zero attached hydrogens (tertiary/aromatic N) is 2. The Morgan fingerprint density at radius 3 is 2.10 bits per heavy atom. The number of hydrogen-bond acceptors (Lipinski definition) is 6. The summed E-state index contributed by atoms with van der Waals surface area (Å²) >= 11 is 0. The third kappa shape index (κ3) is 6.00. The molecule has 160 valence electrons. The number of aromatic nitrogens is 2. The summed E-state index contributed by atoms with van der Waals surface area (Å²) in [5, 5.41) is 0. The van der Waals surface area contributed by atoms with E-state index in [-0.39, 0.29) is 4.90 Å². The van der Waals surface area contributed by atoms with Crippen LogP contribution in [0, 0.1) is 6.92 Å². The summed E-state index contributed by atoms with van der Waals surface area (Å²) in [7, 11) is -0.645. The topological polar surface area (TPSA) is 96.3 Å². The van der Waals surface area contributed by atoms with Gasteiger partial charge in [0.25, 0.3) is 0 Å². The highest BCUT2D eigenvalue weighted by Crippen LogP contribution is 2.26. The van der Waals surface area contributed by atoms with Crippen LogP contribution in [0.15, 0.2) is 88.6 Å². The largest absolute Gasteiger partial charge is 0.744 e. The maximum atomic E-state index is 10.4. The van der Waals surface area contributed by atoms with E-state index in [0.717, 1.165) is 28.2 Å². The molecule has 7 nitrogen and oxygen atoms in total. The van der Waals surface area contributed by atoms with Crippen LogP contribution in [0.4, 0.5) is 0 Å². The van der Waals surface area contributed by atoms with Crippen molar-refractivity contribution >= 4 is 10.1 Å². The lowest BCUT2D eigenvalue weighted by molar-refractivity contribution is -0.671. The van der Waals surface area contributed by atoms with Gasteiger partial charge in [-0.15, -0.1) is 0 Å². The van der Waals surface area contributed by atoms with Gasteiger partial charge >= 0.3 is 0 Å². The highest BCUT2D eigenvalue weighted by Gasteiger charge is 2.09. The third-order valence-corrected chi connectivity index (χ3v) is 5.26. The maximum absolute atomic E-state index is 10.4. The van der Waals surface area contributed by atoms with Crippen LogP contribution in [0.5, 0.6) is 5.75 Å². The molecule has 0 N–H and O–H groups in total. The fraction of sp³-hybridized carbons (Fsp3) is 0.130. The minimum absolute atomic E-state index is 0.178. The molecule has 4 rings (SSSR count).